The highest BCUT2D eigenvalue weighted by atomic mass is 32.2. The SMILES string of the molecule is CCOC(=O)c1c(-c2cccs2)csc1NC(=O)CSc1nnc(C(C)(C)C)o1. The number of ether oxygens (including phenoxy) is 1. The Morgan fingerprint density at radius 1 is 1.28 bits per heavy atom. The summed E-state index contributed by atoms with van der Waals surface area (Å²) in [5.41, 5.74) is 0.890. The van der Waals surface area contributed by atoms with Crippen molar-refractivity contribution in [3.63, 3.8) is 0 Å². The molecule has 1 N–H and O–H groups in total. The molecule has 0 atom stereocenters. The quantitative estimate of drug-likeness (QED) is 0.396. The van der Waals surface area contributed by atoms with E-state index in [2.05, 4.69) is 15.5 Å². The van der Waals surface area contributed by atoms with Crippen molar-refractivity contribution in [2.45, 2.75) is 38.3 Å². The van der Waals surface area contributed by atoms with Crippen molar-refractivity contribution < 1.29 is 18.7 Å². The van der Waals surface area contributed by atoms with Crippen molar-refractivity contribution in [2.75, 3.05) is 17.7 Å². The fourth-order valence-electron chi connectivity index (χ4n) is 2.33. The monoisotopic (exact) mass is 451 g/mol. The zero-order valence-electron chi connectivity index (χ0n) is 16.5. The van der Waals surface area contributed by atoms with Crippen LogP contribution in [0.2, 0.25) is 0 Å². The van der Waals surface area contributed by atoms with Gasteiger partial charge < -0.3 is 14.5 Å². The first-order valence-corrected chi connectivity index (χ1v) is 11.6. The molecule has 0 aliphatic rings. The number of thioether (sulfide) groups is 1. The van der Waals surface area contributed by atoms with E-state index in [1.165, 1.54) is 22.7 Å². The molecule has 0 spiro atoms. The number of esters is 1. The largest absolute Gasteiger partial charge is 0.462 e. The minimum Gasteiger partial charge on any atom is -0.462 e. The maximum absolute atomic E-state index is 12.5. The summed E-state index contributed by atoms with van der Waals surface area (Å²) < 4.78 is 10.8. The van der Waals surface area contributed by atoms with Gasteiger partial charge in [0.2, 0.25) is 11.8 Å². The van der Waals surface area contributed by atoms with Gasteiger partial charge in [-0.1, -0.05) is 38.6 Å². The first-order chi connectivity index (χ1) is 13.8. The molecule has 3 rings (SSSR count). The van der Waals surface area contributed by atoms with Gasteiger partial charge in [0, 0.05) is 21.2 Å². The fourth-order valence-corrected chi connectivity index (χ4v) is 4.68. The molecule has 0 saturated carbocycles. The summed E-state index contributed by atoms with van der Waals surface area (Å²) in [6, 6.07) is 3.84. The molecule has 3 aromatic heterocycles. The third kappa shape index (κ3) is 5.26. The number of rotatable bonds is 7. The lowest BCUT2D eigenvalue weighted by Gasteiger charge is -2.10. The van der Waals surface area contributed by atoms with Crippen molar-refractivity contribution in [3.8, 4) is 10.4 Å². The summed E-state index contributed by atoms with van der Waals surface area (Å²) in [5.74, 6) is -0.119. The third-order valence-corrected chi connectivity index (χ3v) is 6.30. The molecule has 29 heavy (non-hydrogen) atoms. The van der Waals surface area contributed by atoms with Crippen LogP contribution in [0.1, 0.15) is 43.9 Å². The van der Waals surface area contributed by atoms with E-state index in [1.807, 2.05) is 43.7 Å². The normalized spacial score (nSPS) is 11.4. The Balaban J connectivity index is 1.71. The predicted molar refractivity (Wildman–Crippen MR) is 116 cm³/mol. The number of carbonyl (C=O) groups is 2. The molecular formula is C19H21N3O4S3. The van der Waals surface area contributed by atoms with Crippen LogP contribution in [0.15, 0.2) is 32.5 Å². The number of hydrogen-bond donors (Lipinski definition) is 1. The molecule has 0 aliphatic carbocycles. The van der Waals surface area contributed by atoms with E-state index in [1.54, 1.807) is 6.92 Å². The first kappa shape index (κ1) is 21.5. The number of nitrogens with zero attached hydrogens (tertiary/aromatic N) is 2. The molecule has 10 heteroatoms. The van der Waals surface area contributed by atoms with E-state index >= 15 is 0 Å². The maximum atomic E-state index is 12.5. The molecule has 0 fully saturated rings. The van der Waals surface area contributed by atoms with E-state index in [0.717, 1.165) is 22.2 Å². The van der Waals surface area contributed by atoms with Crippen LogP contribution in [0.3, 0.4) is 0 Å². The van der Waals surface area contributed by atoms with Crippen LogP contribution < -0.4 is 5.32 Å². The molecule has 0 bridgehead atoms. The molecule has 0 unspecified atom stereocenters. The lowest BCUT2D eigenvalue weighted by molar-refractivity contribution is -0.113. The topological polar surface area (TPSA) is 94.3 Å². The van der Waals surface area contributed by atoms with Crippen molar-refractivity contribution in [1.29, 1.82) is 0 Å². The van der Waals surface area contributed by atoms with Crippen LogP contribution >= 0.6 is 34.4 Å². The van der Waals surface area contributed by atoms with Gasteiger partial charge in [-0.15, -0.1) is 32.9 Å². The van der Waals surface area contributed by atoms with Gasteiger partial charge >= 0.3 is 5.97 Å². The highest BCUT2D eigenvalue weighted by Crippen LogP contribution is 2.38. The number of nitrogens with one attached hydrogen (secondary N) is 1. The molecule has 0 aromatic carbocycles. The van der Waals surface area contributed by atoms with Gasteiger partial charge in [-0.2, -0.15) is 0 Å². The minimum absolute atomic E-state index is 0.0836. The van der Waals surface area contributed by atoms with Gasteiger partial charge in [-0.3, -0.25) is 4.79 Å². The van der Waals surface area contributed by atoms with Gasteiger partial charge in [-0.05, 0) is 18.4 Å². The van der Waals surface area contributed by atoms with Crippen LogP contribution in [0, 0.1) is 0 Å². The smallest absolute Gasteiger partial charge is 0.341 e. The average Bonchev–Trinajstić information content (AvgIpc) is 3.39. The Bertz CT molecular complexity index is 987. The van der Waals surface area contributed by atoms with Crippen molar-refractivity contribution in [3.05, 3.63) is 34.3 Å². The Hall–Kier alpha value is -2.17. The van der Waals surface area contributed by atoms with E-state index < -0.39 is 5.97 Å². The summed E-state index contributed by atoms with van der Waals surface area (Å²) in [5, 5.41) is 15.4. The number of anilines is 1. The van der Waals surface area contributed by atoms with E-state index in [4.69, 9.17) is 9.15 Å². The van der Waals surface area contributed by atoms with E-state index in [-0.39, 0.29) is 23.7 Å². The summed E-state index contributed by atoms with van der Waals surface area (Å²) in [4.78, 5) is 25.9. The summed E-state index contributed by atoms with van der Waals surface area (Å²) in [6.45, 7) is 7.93. The average molecular weight is 452 g/mol. The Kier molecular flexibility index (Phi) is 6.76. The molecule has 0 radical (unpaired) electrons. The lowest BCUT2D eigenvalue weighted by atomic mass is 9.97. The zero-order chi connectivity index (χ0) is 21.0. The van der Waals surface area contributed by atoms with Gasteiger partial charge in [-0.25, -0.2) is 4.79 Å². The van der Waals surface area contributed by atoms with Crippen molar-refractivity contribution in [2.24, 2.45) is 0 Å². The van der Waals surface area contributed by atoms with Crippen LogP contribution in [-0.4, -0.2) is 34.4 Å². The third-order valence-electron chi connectivity index (χ3n) is 3.68. The molecule has 1 amide bonds. The number of aromatic nitrogens is 2. The molecule has 154 valence electrons. The van der Waals surface area contributed by atoms with Gasteiger partial charge in [0.15, 0.2) is 0 Å². The Labute approximate surface area is 180 Å². The summed E-state index contributed by atoms with van der Waals surface area (Å²) >= 11 is 3.98. The molecule has 3 aromatic rings. The standard InChI is InChI=1S/C19H21N3O4S3/c1-5-25-16(24)14-11(12-7-6-8-27-12)9-28-15(14)20-13(23)10-29-18-22-21-17(26-18)19(2,3)4/h6-9H,5,10H2,1-4H3,(H,20,23). The second kappa shape index (κ2) is 9.10. The highest BCUT2D eigenvalue weighted by molar-refractivity contribution is 7.99. The van der Waals surface area contributed by atoms with Gasteiger partial charge in [0.25, 0.3) is 5.22 Å². The first-order valence-electron chi connectivity index (χ1n) is 8.88. The highest BCUT2D eigenvalue weighted by Gasteiger charge is 2.24. The Morgan fingerprint density at radius 2 is 2.07 bits per heavy atom. The van der Waals surface area contributed by atoms with Crippen molar-refractivity contribution >= 4 is 51.3 Å². The molecule has 7 nitrogen and oxygen atoms in total. The second-order valence-electron chi connectivity index (χ2n) is 7.01. The van der Waals surface area contributed by atoms with E-state index in [0.29, 0.717) is 21.7 Å². The number of hydrogen-bond acceptors (Lipinski definition) is 9. The van der Waals surface area contributed by atoms with Crippen LogP contribution in [-0.2, 0) is 14.9 Å². The number of thiophene rings is 2. The van der Waals surface area contributed by atoms with Crippen LogP contribution in [0.5, 0.6) is 0 Å². The van der Waals surface area contributed by atoms with Crippen LogP contribution in [0.4, 0.5) is 5.00 Å². The maximum Gasteiger partial charge on any atom is 0.341 e. The minimum atomic E-state index is -0.452. The summed E-state index contributed by atoms with van der Waals surface area (Å²) in [6.07, 6.45) is 0. The predicted octanol–water partition coefficient (Wildman–Crippen LogP) is 5.06. The molecule has 0 aliphatic heterocycles. The van der Waals surface area contributed by atoms with Crippen molar-refractivity contribution in [1.82, 2.24) is 10.2 Å². The number of carbonyl (C=O) groups excluding carboxylic acids is 2. The molecular weight excluding hydrogens is 430 g/mol. The Morgan fingerprint density at radius 3 is 2.69 bits per heavy atom. The van der Waals surface area contributed by atoms with Gasteiger partial charge in [0.05, 0.1) is 12.4 Å². The fraction of sp³-hybridized carbons (Fsp3) is 0.368. The van der Waals surface area contributed by atoms with E-state index in [9.17, 15) is 9.59 Å². The second-order valence-corrected chi connectivity index (χ2v) is 9.77. The molecule has 0 saturated heterocycles. The van der Waals surface area contributed by atoms with Gasteiger partial charge in [0.1, 0.15) is 10.6 Å². The van der Waals surface area contributed by atoms with Crippen LogP contribution in [0.25, 0.3) is 10.4 Å². The lowest BCUT2D eigenvalue weighted by Crippen LogP contribution is -2.16. The molecule has 3 heterocycles. The number of amides is 1. The zero-order valence-corrected chi connectivity index (χ0v) is 18.9. The summed E-state index contributed by atoms with van der Waals surface area (Å²) in [7, 11) is 0.